The van der Waals surface area contributed by atoms with Crippen LogP contribution in [0.5, 0.6) is 0 Å². The van der Waals surface area contributed by atoms with E-state index in [1.54, 1.807) is 4.68 Å². The molecule has 0 aliphatic carbocycles. The molecule has 0 radical (unpaired) electrons. The number of rotatable bonds is 4. The van der Waals surface area contributed by atoms with E-state index in [0.29, 0.717) is 6.54 Å². The zero-order valence-corrected chi connectivity index (χ0v) is 9.70. The lowest BCUT2D eigenvalue weighted by Gasteiger charge is -1.92. The number of nitrogens with one attached hydrogen (secondary N) is 1. The number of hydrogen-bond donors (Lipinski definition) is 2. The van der Waals surface area contributed by atoms with E-state index in [4.69, 9.17) is 5.73 Å². The minimum absolute atomic E-state index is 0.705. The number of hydrogen-bond acceptors (Lipinski definition) is 3. The van der Waals surface area contributed by atoms with Crippen LogP contribution in [0.25, 0.3) is 11.4 Å². The number of aryl methyl sites for hydroxylation is 3. The molecule has 5 heteroatoms. The summed E-state index contributed by atoms with van der Waals surface area (Å²) >= 11 is 0. The van der Waals surface area contributed by atoms with E-state index in [0.717, 1.165) is 35.5 Å². The van der Waals surface area contributed by atoms with Gasteiger partial charge in [-0.15, -0.1) is 0 Å². The molecule has 2 heterocycles. The van der Waals surface area contributed by atoms with Crippen LogP contribution in [0.3, 0.4) is 0 Å². The average molecular weight is 219 g/mol. The summed E-state index contributed by atoms with van der Waals surface area (Å²) in [4.78, 5) is 0. The first-order chi connectivity index (χ1) is 7.70. The topological polar surface area (TPSA) is 72.5 Å². The maximum atomic E-state index is 5.47. The first-order valence-electron chi connectivity index (χ1n) is 5.45. The number of H-pyrrole nitrogens is 1. The monoisotopic (exact) mass is 219 g/mol. The third kappa shape index (κ3) is 2.14. The molecule has 0 aromatic carbocycles. The van der Waals surface area contributed by atoms with Crippen molar-refractivity contribution in [3.05, 3.63) is 23.5 Å². The summed E-state index contributed by atoms with van der Waals surface area (Å²) in [5, 5.41) is 11.7. The first-order valence-corrected chi connectivity index (χ1v) is 5.45. The fourth-order valence-corrected chi connectivity index (χ4v) is 1.76. The summed E-state index contributed by atoms with van der Waals surface area (Å²) in [7, 11) is 1.92. The Bertz CT molecular complexity index is 468. The van der Waals surface area contributed by atoms with Gasteiger partial charge in [0.05, 0.1) is 0 Å². The molecular weight excluding hydrogens is 202 g/mol. The molecule has 0 aliphatic rings. The lowest BCUT2D eigenvalue weighted by atomic mass is 10.2. The number of nitrogens with two attached hydrogens (primary N) is 1. The maximum Gasteiger partial charge on any atom is 0.115 e. The molecule has 0 bridgehead atoms. The quantitative estimate of drug-likeness (QED) is 0.806. The van der Waals surface area contributed by atoms with Gasteiger partial charge in [0.2, 0.25) is 0 Å². The van der Waals surface area contributed by atoms with Gasteiger partial charge < -0.3 is 5.73 Å². The molecule has 3 N–H and O–H groups in total. The summed E-state index contributed by atoms with van der Waals surface area (Å²) in [6.07, 6.45) is 3.90. The van der Waals surface area contributed by atoms with Gasteiger partial charge in [-0.25, -0.2) is 0 Å². The van der Waals surface area contributed by atoms with Crippen LogP contribution >= 0.6 is 0 Å². The maximum absolute atomic E-state index is 5.47. The van der Waals surface area contributed by atoms with Gasteiger partial charge in [-0.1, -0.05) is 0 Å². The Morgan fingerprint density at radius 2 is 2.31 bits per heavy atom. The second-order valence-electron chi connectivity index (χ2n) is 4.01. The summed E-state index contributed by atoms with van der Waals surface area (Å²) < 4.78 is 1.80. The van der Waals surface area contributed by atoms with Crippen molar-refractivity contribution in [3.63, 3.8) is 0 Å². The molecule has 0 saturated heterocycles. The fraction of sp³-hybridized carbons (Fsp3) is 0.455. The van der Waals surface area contributed by atoms with Crippen molar-refractivity contribution in [1.29, 1.82) is 0 Å². The standard InChI is InChI=1S/C11H17N5/c1-8-7-16(2)15-11(8)10-6-9(13-14-10)4-3-5-12/h6-7H,3-5,12H2,1-2H3,(H,13,14). The van der Waals surface area contributed by atoms with Gasteiger partial charge in [0.1, 0.15) is 11.4 Å². The molecular formula is C11H17N5. The van der Waals surface area contributed by atoms with Gasteiger partial charge in [0.15, 0.2) is 0 Å². The minimum Gasteiger partial charge on any atom is -0.330 e. The predicted octanol–water partition coefficient (Wildman–Crippen LogP) is 1.01. The van der Waals surface area contributed by atoms with E-state index in [-0.39, 0.29) is 0 Å². The van der Waals surface area contributed by atoms with Crippen LogP contribution in [-0.2, 0) is 13.5 Å². The van der Waals surface area contributed by atoms with E-state index in [9.17, 15) is 0 Å². The van der Waals surface area contributed by atoms with Crippen molar-refractivity contribution >= 4 is 0 Å². The normalized spacial score (nSPS) is 10.9. The molecule has 16 heavy (non-hydrogen) atoms. The molecule has 0 unspecified atom stereocenters. The van der Waals surface area contributed by atoms with Crippen molar-refractivity contribution in [3.8, 4) is 11.4 Å². The average Bonchev–Trinajstić information content (AvgIpc) is 2.82. The Morgan fingerprint density at radius 1 is 1.50 bits per heavy atom. The van der Waals surface area contributed by atoms with Crippen molar-refractivity contribution in [2.45, 2.75) is 19.8 Å². The number of aromatic amines is 1. The molecule has 0 spiro atoms. The van der Waals surface area contributed by atoms with Crippen LogP contribution in [0.4, 0.5) is 0 Å². The molecule has 2 aromatic heterocycles. The van der Waals surface area contributed by atoms with Crippen LogP contribution in [0.15, 0.2) is 12.3 Å². The Morgan fingerprint density at radius 3 is 2.94 bits per heavy atom. The lowest BCUT2D eigenvalue weighted by molar-refractivity contribution is 0.769. The van der Waals surface area contributed by atoms with Crippen molar-refractivity contribution < 1.29 is 0 Å². The van der Waals surface area contributed by atoms with Gasteiger partial charge in [0.25, 0.3) is 0 Å². The summed E-state index contributed by atoms with van der Waals surface area (Å²) in [5.74, 6) is 0. The van der Waals surface area contributed by atoms with Gasteiger partial charge >= 0.3 is 0 Å². The Balaban J connectivity index is 2.21. The second kappa shape index (κ2) is 4.49. The smallest absolute Gasteiger partial charge is 0.115 e. The number of nitrogens with zero attached hydrogens (tertiary/aromatic N) is 3. The van der Waals surface area contributed by atoms with E-state index < -0.39 is 0 Å². The van der Waals surface area contributed by atoms with E-state index in [1.165, 1.54) is 0 Å². The number of aromatic nitrogens is 4. The first kappa shape index (κ1) is 10.9. The van der Waals surface area contributed by atoms with Crippen LogP contribution in [0, 0.1) is 6.92 Å². The van der Waals surface area contributed by atoms with Crippen LogP contribution in [0.1, 0.15) is 17.7 Å². The highest BCUT2D eigenvalue weighted by molar-refractivity contribution is 5.58. The second-order valence-corrected chi connectivity index (χ2v) is 4.01. The summed E-state index contributed by atoms with van der Waals surface area (Å²) in [6.45, 7) is 2.74. The zero-order valence-electron chi connectivity index (χ0n) is 9.70. The third-order valence-electron chi connectivity index (χ3n) is 2.54. The van der Waals surface area contributed by atoms with Crippen molar-refractivity contribution in [1.82, 2.24) is 20.0 Å². The highest BCUT2D eigenvalue weighted by Gasteiger charge is 2.10. The molecule has 86 valence electrons. The molecule has 2 aromatic rings. The Labute approximate surface area is 94.7 Å². The molecule has 0 amide bonds. The largest absolute Gasteiger partial charge is 0.330 e. The van der Waals surface area contributed by atoms with E-state index >= 15 is 0 Å². The highest BCUT2D eigenvalue weighted by atomic mass is 15.3. The van der Waals surface area contributed by atoms with Gasteiger partial charge in [-0.05, 0) is 37.9 Å². The van der Waals surface area contributed by atoms with Gasteiger partial charge in [0, 0.05) is 18.9 Å². The lowest BCUT2D eigenvalue weighted by Crippen LogP contribution is -2.00. The summed E-state index contributed by atoms with van der Waals surface area (Å²) in [5.41, 5.74) is 9.58. The van der Waals surface area contributed by atoms with Crippen LogP contribution in [0.2, 0.25) is 0 Å². The summed E-state index contributed by atoms with van der Waals surface area (Å²) in [6, 6.07) is 2.05. The molecule has 5 nitrogen and oxygen atoms in total. The molecule has 2 rings (SSSR count). The van der Waals surface area contributed by atoms with Crippen LogP contribution in [-0.4, -0.2) is 26.5 Å². The molecule has 0 fully saturated rings. The van der Waals surface area contributed by atoms with E-state index in [1.807, 2.05) is 26.2 Å². The van der Waals surface area contributed by atoms with Gasteiger partial charge in [-0.3, -0.25) is 9.78 Å². The Hall–Kier alpha value is -1.62. The molecule has 0 aliphatic heterocycles. The van der Waals surface area contributed by atoms with Crippen LogP contribution < -0.4 is 5.73 Å². The van der Waals surface area contributed by atoms with Crippen molar-refractivity contribution in [2.75, 3.05) is 6.54 Å². The van der Waals surface area contributed by atoms with Gasteiger partial charge in [-0.2, -0.15) is 10.2 Å². The Kier molecular flexibility index (Phi) is 3.05. The SMILES string of the molecule is Cc1cn(C)nc1-c1cc(CCCN)[nH]n1. The fourth-order valence-electron chi connectivity index (χ4n) is 1.76. The van der Waals surface area contributed by atoms with Crippen molar-refractivity contribution in [2.24, 2.45) is 12.8 Å². The third-order valence-corrected chi connectivity index (χ3v) is 2.54. The predicted molar refractivity (Wildman–Crippen MR) is 62.9 cm³/mol. The molecule has 0 saturated carbocycles. The highest BCUT2D eigenvalue weighted by Crippen LogP contribution is 2.19. The van der Waals surface area contributed by atoms with E-state index in [2.05, 4.69) is 15.3 Å². The molecule has 0 atom stereocenters. The minimum atomic E-state index is 0.705. The zero-order chi connectivity index (χ0) is 11.5.